The maximum absolute atomic E-state index is 12.1. The Kier molecular flexibility index (Phi) is 6.26. The fraction of sp³-hybridized carbons (Fsp3) is 0.667. The highest BCUT2D eigenvalue weighted by Gasteiger charge is 2.26. The topological polar surface area (TPSA) is 68.0 Å². The first-order chi connectivity index (χ1) is 7.75. The number of hydrogen-bond donors (Lipinski definition) is 2. The second kappa shape index (κ2) is 6.50. The number of thiazole rings is 1. The molecule has 1 rings (SSSR count). The van der Waals surface area contributed by atoms with Crippen molar-refractivity contribution in [2.45, 2.75) is 40.7 Å². The van der Waals surface area contributed by atoms with Crippen LogP contribution in [0.3, 0.4) is 0 Å². The number of rotatable bonds is 3. The van der Waals surface area contributed by atoms with Crippen LogP contribution in [0.2, 0.25) is 0 Å². The van der Waals surface area contributed by atoms with Crippen LogP contribution in [0, 0.1) is 19.3 Å². The molecule has 4 nitrogen and oxygen atoms in total. The van der Waals surface area contributed by atoms with Gasteiger partial charge in [-0.15, -0.1) is 23.7 Å². The van der Waals surface area contributed by atoms with E-state index in [1.54, 1.807) is 0 Å². The molecule has 0 radical (unpaired) electrons. The number of halogens is 1. The van der Waals surface area contributed by atoms with Crippen LogP contribution in [-0.2, 0) is 0 Å². The molecule has 0 aliphatic carbocycles. The fourth-order valence-corrected chi connectivity index (χ4v) is 2.42. The van der Waals surface area contributed by atoms with Gasteiger partial charge >= 0.3 is 0 Å². The number of carbonyl (C=O) groups excluding carboxylic acids is 1. The minimum Gasteiger partial charge on any atom is -0.347 e. The van der Waals surface area contributed by atoms with Crippen molar-refractivity contribution in [1.29, 1.82) is 0 Å². The average Bonchev–Trinajstić information content (AvgIpc) is 2.52. The normalized spacial score (nSPS) is 12.8. The Balaban J connectivity index is 0.00000289. The predicted octanol–water partition coefficient (Wildman–Crippen LogP) is 2.28. The molecule has 0 aliphatic heterocycles. The molecule has 0 spiro atoms. The Hall–Kier alpha value is -0.650. The van der Waals surface area contributed by atoms with Gasteiger partial charge in [-0.05, 0) is 19.3 Å². The van der Waals surface area contributed by atoms with Crippen LogP contribution in [0.15, 0.2) is 0 Å². The summed E-state index contributed by atoms with van der Waals surface area (Å²) in [5.74, 6) is -0.0709. The van der Waals surface area contributed by atoms with E-state index in [9.17, 15) is 4.79 Å². The largest absolute Gasteiger partial charge is 0.347 e. The average molecular weight is 292 g/mol. The van der Waals surface area contributed by atoms with Gasteiger partial charge in [-0.1, -0.05) is 20.8 Å². The standard InChI is InChI=1S/C12H21N3OS.ClH/c1-7-10(17-8(2)14-7)11(16)15-9(6-13)12(3,4)5;/h9H,6,13H2,1-5H3,(H,15,16);1H. The molecule has 0 aliphatic rings. The van der Waals surface area contributed by atoms with E-state index in [0.717, 1.165) is 10.7 Å². The zero-order valence-corrected chi connectivity index (χ0v) is 13.2. The lowest BCUT2D eigenvalue weighted by atomic mass is 9.87. The highest BCUT2D eigenvalue weighted by molar-refractivity contribution is 7.13. The number of nitrogens with one attached hydrogen (secondary N) is 1. The SMILES string of the molecule is Cc1nc(C)c(C(=O)NC(CN)C(C)(C)C)s1.Cl. The van der Waals surface area contributed by atoms with Gasteiger partial charge in [-0.3, -0.25) is 4.79 Å². The molecule has 0 saturated heterocycles. The summed E-state index contributed by atoms with van der Waals surface area (Å²) in [6.45, 7) is 10.4. The van der Waals surface area contributed by atoms with Crippen molar-refractivity contribution in [3.05, 3.63) is 15.6 Å². The molecule has 1 aromatic heterocycles. The van der Waals surface area contributed by atoms with Crippen LogP contribution in [-0.4, -0.2) is 23.5 Å². The lowest BCUT2D eigenvalue weighted by Gasteiger charge is -2.30. The number of nitrogens with zero attached hydrogens (tertiary/aromatic N) is 1. The van der Waals surface area contributed by atoms with Crippen molar-refractivity contribution >= 4 is 29.7 Å². The first-order valence-electron chi connectivity index (χ1n) is 5.70. The highest BCUT2D eigenvalue weighted by Crippen LogP contribution is 2.21. The summed E-state index contributed by atoms with van der Waals surface area (Å²) in [4.78, 5) is 17.0. The van der Waals surface area contributed by atoms with Crippen molar-refractivity contribution in [3.63, 3.8) is 0 Å². The van der Waals surface area contributed by atoms with Crippen LogP contribution in [0.1, 0.15) is 41.1 Å². The van der Waals surface area contributed by atoms with E-state index < -0.39 is 0 Å². The van der Waals surface area contributed by atoms with Crippen LogP contribution < -0.4 is 11.1 Å². The van der Waals surface area contributed by atoms with Gasteiger partial charge in [-0.25, -0.2) is 4.98 Å². The van der Waals surface area contributed by atoms with E-state index in [4.69, 9.17) is 5.73 Å². The van der Waals surface area contributed by atoms with Crippen molar-refractivity contribution < 1.29 is 4.79 Å². The van der Waals surface area contributed by atoms with E-state index in [1.807, 2.05) is 13.8 Å². The molecule has 1 amide bonds. The van der Waals surface area contributed by atoms with Crippen LogP contribution >= 0.6 is 23.7 Å². The van der Waals surface area contributed by atoms with Gasteiger partial charge in [0, 0.05) is 12.6 Å². The number of aryl methyl sites for hydroxylation is 2. The Morgan fingerprint density at radius 1 is 1.44 bits per heavy atom. The zero-order chi connectivity index (χ0) is 13.2. The third kappa shape index (κ3) is 4.23. The molecule has 1 atom stereocenters. The minimum atomic E-state index is -0.0709. The monoisotopic (exact) mass is 291 g/mol. The van der Waals surface area contributed by atoms with Crippen molar-refractivity contribution in [3.8, 4) is 0 Å². The van der Waals surface area contributed by atoms with Crippen molar-refractivity contribution in [1.82, 2.24) is 10.3 Å². The van der Waals surface area contributed by atoms with E-state index in [0.29, 0.717) is 11.4 Å². The smallest absolute Gasteiger partial charge is 0.263 e. The molecule has 18 heavy (non-hydrogen) atoms. The van der Waals surface area contributed by atoms with Crippen LogP contribution in [0.5, 0.6) is 0 Å². The summed E-state index contributed by atoms with van der Waals surface area (Å²) < 4.78 is 0. The summed E-state index contributed by atoms with van der Waals surface area (Å²) in [6.07, 6.45) is 0. The van der Waals surface area contributed by atoms with Gasteiger partial charge in [0.1, 0.15) is 4.88 Å². The van der Waals surface area contributed by atoms with E-state index in [-0.39, 0.29) is 29.8 Å². The van der Waals surface area contributed by atoms with Crippen molar-refractivity contribution in [2.24, 2.45) is 11.1 Å². The quantitative estimate of drug-likeness (QED) is 0.898. The molecule has 1 aromatic rings. The van der Waals surface area contributed by atoms with E-state index >= 15 is 0 Å². The Bertz CT molecular complexity index is 412. The van der Waals surface area contributed by atoms with Crippen molar-refractivity contribution in [2.75, 3.05) is 6.54 Å². The molecule has 0 fully saturated rings. The van der Waals surface area contributed by atoms with Crippen LogP contribution in [0.25, 0.3) is 0 Å². The summed E-state index contributed by atoms with van der Waals surface area (Å²) in [7, 11) is 0. The maximum Gasteiger partial charge on any atom is 0.263 e. The first kappa shape index (κ1) is 17.4. The van der Waals surface area contributed by atoms with Crippen LogP contribution in [0.4, 0.5) is 0 Å². The summed E-state index contributed by atoms with van der Waals surface area (Å²) >= 11 is 1.42. The third-order valence-corrected chi connectivity index (χ3v) is 3.77. The van der Waals surface area contributed by atoms with Gasteiger partial charge in [-0.2, -0.15) is 0 Å². The second-order valence-electron chi connectivity index (χ2n) is 5.28. The zero-order valence-electron chi connectivity index (χ0n) is 11.5. The number of aromatic nitrogens is 1. The Morgan fingerprint density at radius 2 is 2.00 bits per heavy atom. The molecule has 6 heteroatoms. The molecule has 3 N–H and O–H groups in total. The molecular formula is C12H22ClN3OS. The Morgan fingerprint density at radius 3 is 2.33 bits per heavy atom. The first-order valence-corrected chi connectivity index (χ1v) is 6.52. The molecule has 0 aromatic carbocycles. The van der Waals surface area contributed by atoms with Gasteiger partial charge in [0.05, 0.1) is 10.7 Å². The van der Waals surface area contributed by atoms with Gasteiger partial charge in [0.2, 0.25) is 0 Å². The molecule has 0 saturated carbocycles. The second-order valence-corrected chi connectivity index (χ2v) is 6.48. The number of nitrogens with two attached hydrogens (primary N) is 1. The number of hydrogen-bond acceptors (Lipinski definition) is 4. The summed E-state index contributed by atoms with van der Waals surface area (Å²) in [5.41, 5.74) is 6.44. The van der Waals surface area contributed by atoms with E-state index in [1.165, 1.54) is 11.3 Å². The molecule has 1 unspecified atom stereocenters. The lowest BCUT2D eigenvalue weighted by Crippen LogP contribution is -2.48. The van der Waals surface area contributed by atoms with Gasteiger partial charge in [0.15, 0.2) is 0 Å². The van der Waals surface area contributed by atoms with E-state index in [2.05, 4.69) is 31.1 Å². The summed E-state index contributed by atoms with van der Waals surface area (Å²) in [6, 6.07) is -0.0307. The fourth-order valence-electron chi connectivity index (χ4n) is 1.59. The molecular weight excluding hydrogens is 270 g/mol. The molecule has 0 bridgehead atoms. The third-order valence-electron chi connectivity index (χ3n) is 2.70. The Labute approximate surface area is 119 Å². The number of carbonyl (C=O) groups is 1. The summed E-state index contributed by atoms with van der Waals surface area (Å²) in [5, 5.41) is 3.89. The van der Waals surface area contributed by atoms with Gasteiger partial charge in [0.25, 0.3) is 5.91 Å². The molecule has 1 heterocycles. The highest BCUT2D eigenvalue weighted by atomic mass is 35.5. The predicted molar refractivity (Wildman–Crippen MR) is 78.6 cm³/mol. The number of amides is 1. The molecule has 104 valence electrons. The minimum absolute atomic E-state index is 0. The maximum atomic E-state index is 12.1. The van der Waals surface area contributed by atoms with Gasteiger partial charge < -0.3 is 11.1 Å². The lowest BCUT2D eigenvalue weighted by molar-refractivity contribution is 0.0909.